The van der Waals surface area contributed by atoms with Gasteiger partial charge in [0.05, 0.1) is 18.2 Å². The van der Waals surface area contributed by atoms with E-state index < -0.39 is 5.82 Å². The zero-order chi connectivity index (χ0) is 16.2. The van der Waals surface area contributed by atoms with Crippen LogP contribution < -0.4 is 9.80 Å². The Bertz CT molecular complexity index is 736. The molecule has 5 nitrogen and oxygen atoms in total. The number of nitrogens with zero attached hydrogens (tertiary/aromatic N) is 4. The maximum absolute atomic E-state index is 14.3. The number of benzene rings is 1. The van der Waals surface area contributed by atoms with Gasteiger partial charge in [-0.1, -0.05) is 6.07 Å². The Labute approximate surface area is 134 Å². The van der Waals surface area contributed by atoms with Crippen molar-refractivity contribution in [1.82, 2.24) is 4.98 Å². The number of aromatic nitrogens is 1. The van der Waals surface area contributed by atoms with Crippen molar-refractivity contribution >= 4 is 11.5 Å². The zero-order valence-corrected chi connectivity index (χ0v) is 12.6. The summed E-state index contributed by atoms with van der Waals surface area (Å²) in [4.78, 5) is 8.17. The van der Waals surface area contributed by atoms with E-state index in [4.69, 9.17) is 10.4 Å². The molecule has 23 heavy (non-hydrogen) atoms. The molecule has 0 aliphatic carbocycles. The predicted octanol–water partition coefficient (Wildman–Crippen LogP) is 1.91. The van der Waals surface area contributed by atoms with Crippen LogP contribution in [0.1, 0.15) is 11.1 Å². The average Bonchev–Trinajstić information content (AvgIpc) is 2.62. The standard InChI is InChI=1S/C17H17FN4O/c18-16-14(12-23)4-5-20-17(16)22-8-6-21(7-9-22)15-3-1-2-13(10-15)11-19/h1-5,10,23H,6-9,12H2. The number of aliphatic hydroxyl groups is 1. The maximum atomic E-state index is 14.3. The largest absolute Gasteiger partial charge is 0.392 e. The molecular formula is C17H17FN4O. The van der Waals surface area contributed by atoms with Gasteiger partial charge in [0.2, 0.25) is 0 Å². The summed E-state index contributed by atoms with van der Waals surface area (Å²) in [5.41, 5.74) is 1.90. The summed E-state index contributed by atoms with van der Waals surface area (Å²) in [5.74, 6) is -0.156. The Balaban J connectivity index is 1.72. The smallest absolute Gasteiger partial charge is 0.171 e. The number of halogens is 1. The van der Waals surface area contributed by atoms with Crippen molar-refractivity contribution in [2.24, 2.45) is 0 Å². The predicted molar refractivity (Wildman–Crippen MR) is 85.7 cm³/mol. The van der Waals surface area contributed by atoms with Gasteiger partial charge in [-0.3, -0.25) is 0 Å². The molecule has 1 N–H and O–H groups in total. The highest BCUT2D eigenvalue weighted by molar-refractivity contribution is 5.53. The highest BCUT2D eigenvalue weighted by atomic mass is 19.1. The van der Waals surface area contributed by atoms with Crippen LogP contribution in [0.2, 0.25) is 0 Å². The van der Waals surface area contributed by atoms with Crippen molar-refractivity contribution in [2.45, 2.75) is 6.61 Å². The van der Waals surface area contributed by atoms with E-state index in [1.165, 1.54) is 12.3 Å². The van der Waals surface area contributed by atoms with E-state index >= 15 is 0 Å². The van der Waals surface area contributed by atoms with E-state index in [-0.39, 0.29) is 12.2 Å². The van der Waals surface area contributed by atoms with E-state index in [2.05, 4.69) is 16.0 Å². The summed E-state index contributed by atoms with van der Waals surface area (Å²) in [6, 6.07) is 11.1. The molecule has 0 unspecified atom stereocenters. The number of hydrogen-bond acceptors (Lipinski definition) is 5. The molecule has 1 saturated heterocycles. The maximum Gasteiger partial charge on any atom is 0.171 e. The van der Waals surface area contributed by atoms with Gasteiger partial charge in [-0.2, -0.15) is 5.26 Å². The molecule has 0 atom stereocenters. The summed E-state index contributed by atoms with van der Waals surface area (Å²) in [7, 11) is 0. The molecule has 0 spiro atoms. The number of hydrogen-bond donors (Lipinski definition) is 1. The first-order valence-corrected chi connectivity index (χ1v) is 7.47. The van der Waals surface area contributed by atoms with Gasteiger partial charge in [-0.25, -0.2) is 9.37 Å². The zero-order valence-electron chi connectivity index (χ0n) is 12.6. The first kappa shape index (κ1) is 15.3. The molecule has 1 aromatic heterocycles. The molecule has 2 heterocycles. The molecule has 6 heteroatoms. The highest BCUT2D eigenvalue weighted by Crippen LogP contribution is 2.23. The molecule has 118 valence electrons. The lowest BCUT2D eigenvalue weighted by atomic mass is 10.2. The van der Waals surface area contributed by atoms with Crippen LogP contribution in [-0.2, 0) is 6.61 Å². The van der Waals surface area contributed by atoms with Crippen LogP contribution in [-0.4, -0.2) is 36.3 Å². The summed E-state index contributed by atoms with van der Waals surface area (Å²) >= 11 is 0. The van der Waals surface area contributed by atoms with Crippen molar-refractivity contribution in [3.63, 3.8) is 0 Å². The van der Waals surface area contributed by atoms with Crippen molar-refractivity contribution < 1.29 is 9.50 Å². The third kappa shape index (κ3) is 3.10. The van der Waals surface area contributed by atoms with Crippen LogP contribution in [0.25, 0.3) is 0 Å². The molecule has 1 aliphatic heterocycles. The molecule has 1 aliphatic rings. The normalized spacial score (nSPS) is 14.7. The third-order valence-corrected chi connectivity index (χ3v) is 4.04. The summed E-state index contributed by atoms with van der Waals surface area (Å²) < 4.78 is 14.3. The van der Waals surface area contributed by atoms with E-state index in [1.807, 2.05) is 23.1 Å². The molecule has 2 aromatic rings. The quantitative estimate of drug-likeness (QED) is 0.938. The summed E-state index contributed by atoms with van der Waals surface area (Å²) in [6.45, 7) is 2.38. The lowest BCUT2D eigenvalue weighted by molar-refractivity contribution is 0.275. The SMILES string of the molecule is N#Cc1cccc(N2CCN(c3nccc(CO)c3F)CC2)c1. The van der Waals surface area contributed by atoms with E-state index in [9.17, 15) is 4.39 Å². The Morgan fingerprint density at radius 2 is 1.91 bits per heavy atom. The Morgan fingerprint density at radius 3 is 2.61 bits per heavy atom. The first-order chi connectivity index (χ1) is 11.2. The number of rotatable bonds is 3. The summed E-state index contributed by atoms with van der Waals surface area (Å²) in [5, 5.41) is 18.1. The van der Waals surface area contributed by atoms with E-state index in [1.54, 1.807) is 6.07 Å². The lowest BCUT2D eigenvalue weighted by Crippen LogP contribution is -2.47. The van der Waals surface area contributed by atoms with Crippen molar-refractivity contribution in [1.29, 1.82) is 5.26 Å². The lowest BCUT2D eigenvalue weighted by Gasteiger charge is -2.37. The molecule has 0 saturated carbocycles. The molecular weight excluding hydrogens is 295 g/mol. The minimum Gasteiger partial charge on any atom is -0.392 e. The average molecular weight is 312 g/mol. The van der Waals surface area contributed by atoms with Crippen molar-refractivity contribution in [2.75, 3.05) is 36.0 Å². The van der Waals surface area contributed by atoms with Crippen LogP contribution in [0.15, 0.2) is 36.5 Å². The second-order valence-electron chi connectivity index (χ2n) is 5.40. The number of aliphatic hydroxyl groups excluding tert-OH is 1. The van der Waals surface area contributed by atoms with Gasteiger partial charge in [-0.05, 0) is 24.3 Å². The highest BCUT2D eigenvalue weighted by Gasteiger charge is 2.22. The van der Waals surface area contributed by atoms with Crippen LogP contribution >= 0.6 is 0 Å². The van der Waals surface area contributed by atoms with Gasteiger partial charge in [0.25, 0.3) is 0 Å². The fourth-order valence-electron chi connectivity index (χ4n) is 2.76. The molecule has 1 fully saturated rings. The fraction of sp³-hybridized carbons (Fsp3) is 0.294. The topological polar surface area (TPSA) is 63.4 Å². The van der Waals surface area contributed by atoms with Gasteiger partial charge >= 0.3 is 0 Å². The second-order valence-corrected chi connectivity index (χ2v) is 5.40. The van der Waals surface area contributed by atoms with E-state index in [0.717, 1.165) is 18.8 Å². The van der Waals surface area contributed by atoms with Gasteiger partial charge in [0.15, 0.2) is 11.6 Å². The van der Waals surface area contributed by atoms with Gasteiger partial charge in [-0.15, -0.1) is 0 Å². The number of piperazine rings is 1. The summed E-state index contributed by atoms with van der Waals surface area (Å²) in [6.07, 6.45) is 1.52. The fourth-order valence-corrected chi connectivity index (χ4v) is 2.76. The van der Waals surface area contributed by atoms with Crippen LogP contribution in [0.5, 0.6) is 0 Å². The number of anilines is 2. The van der Waals surface area contributed by atoms with Gasteiger partial charge in [0.1, 0.15) is 0 Å². The van der Waals surface area contributed by atoms with Crippen LogP contribution in [0.3, 0.4) is 0 Å². The number of pyridine rings is 1. The number of nitriles is 1. The van der Waals surface area contributed by atoms with Crippen molar-refractivity contribution in [3.8, 4) is 6.07 Å². The van der Waals surface area contributed by atoms with Crippen LogP contribution in [0, 0.1) is 17.1 Å². The Kier molecular flexibility index (Phi) is 4.40. The third-order valence-electron chi connectivity index (χ3n) is 4.04. The Hall–Kier alpha value is -2.65. The van der Waals surface area contributed by atoms with Gasteiger partial charge in [0, 0.05) is 43.6 Å². The van der Waals surface area contributed by atoms with Crippen LogP contribution in [0.4, 0.5) is 15.9 Å². The molecule has 0 bridgehead atoms. The molecule has 0 amide bonds. The van der Waals surface area contributed by atoms with E-state index in [0.29, 0.717) is 24.5 Å². The molecule has 3 rings (SSSR count). The minimum absolute atomic E-state index is 0.263. The minimum atomic E-state index is -0.449. The molecule has 0 radical (unpaired) electrons. The Morgan fingerprint density at radius 1 is 1.17 bits per heavy atom. The monoisotopic (exact) mass is 312 g/mol. The second kappa shape index (κ2) is 6.63. The van der Waals surface area contributed by atoms with Gasteiger partial charge < -0.3 is 14.9 Å². The van der Waals surface area contributed by atoms with Crippen molar-refractivity contribution in [3.05, 3.63) is 53.5 Å². The molecule has 1 aromatic carbocycles. The first-order valence-electron chi connectivity index (χ1n) is 7.47.